The molecule has 0 radical (unpaired) electrons. The average molecular weight is 241 g/mol. The van der Waals surface area contributed by atoms with E-state index in [1.807, 2.05) is 6.07 Å². The maximum Gasteiger partial charge on any atom is 0.306 e. The summed E-state index contributed by atoms with van der Waals surface area (Å²) in [5, 5.41) is 8.73. The highest BCUT2D eigenvalue weighted by molar-refractivity contribution is 7.86. The summed E-state index contributed by atoms with van der Waals surface area (Å²) in [7, 11) is -2.09. The molecule has 0 heterocycles. The molecule has 6 heteroatoms. The third kappa shape index (κ3) is 3.53. The molecule has 1 aromatic rings. The first-order valence-corrected chi connectivity index (χ1v) is 6.20. The number of nitriles is 1. The molecule has 0 aliphatic carbocycles. The monoisotopic (exact) mass is 241 g/mol. The van der Waals surface area contributed by atoms with Crippen molar-refractivity contribution >= 4 is 10.1 Å². The molecular weight excluding hydrogens is 230 g/mol. The van der Waals surface area contributed by atoms with Crippen LogP contribution in [0, 0.1) is 11.3 Å². The Balaban J connectivity index is 2.88. The number of hydrogen-bond donors (Lipinski definition) is 0. The van der Waals surface area contributed by atoms with Crippen LogP contribution in [-0.4, -0.2) is 21.8 Å². The van der Waals surface area contributed by atoms with Gasteiger partial charge in [0.05, 0.1) is 12.3 Å². The minimum absolute atomic E-state index is 0.207. The van der Waals surface area contributed by atoms with Crippen molar-refractivity contribution in [3.05, 3.63) is 29.8 Å². The fraction of sp³-hybridized carbons (Fsp3) is 0.300. The van der Waals surface area contributed by atoms with Gasteiger partial charge in [-0.25, -0.2) is 0 Å². The quantitative estimate of drug-likeness (QED) is 0.741. The van der Waals surface area contributed by atoms with E-state index in [2.05, 4.69) is 4.18 Å². The van der Waals surface area contributed by atoms with Gasteiger partial charge < -0.3 is 8.92 Å². The summed E-state index contributed by atoms with van der Waals surface area (Å²) < 4.78 is 31.2. The smallest absolute Gasteiger partial charge is 0.306 e. The van der Waals surface area contributed by atoms with Gasteiger partial charge in [0.25, 0.3) is 0 Å². The minimum atomic E-state index is -3.52. The summed E-state index contributed by atoms with van der Waals surface area (Å²) in [6, 6.07) is 8.06. The van der Waals surface area contributed by atoms with Crippen molar-refractivity contribution in [1.29, 1.82) is 5.26 Å². The third-order valence-corrected chi connectivity index (χ3v) is 2.28. The Bertz CT molecular complexity index is 487. The maximum atomic E-state index is 10.8. The number of ether oxygens (including phenoxy) is 1. The van der Waals surface area contributed by atoms with Crippen molar-refractivity contribution in [3.8, 4) is 11.8 Å². The molecule has 0 bridgehead atoms. The topological polar surface area (TPSA) is 76.4 Å². The standard InChI is InChI=1S/C10H11NO4S/c1-14-10(7-11)8-3-5-9(6-4-8)15-16(2,12)13/h3-6,10H,1-2H3. The van der Waals surface area contributed by atoms with E-state index in [1.54, 1.807) is 12.1 Å². The SMILES string of the molecule is COC(C#N)c1ccc(OS(C)(=O)=O)cc1. The van der Waals surface area contributed by atoms with Crippen LogP contribution in [0.15, 0.2) is 24.3 Å². The Hall–Kier alpha value is -1.58. The number of rotatable bonds is 4. The number of methoxy groups -OCH3 is 1. The van der Waals surface area contributed by atoms with E-state index in [9.17, 15) is 8.42 Å². The first-order valence-electron chi connectivity index (χ1n) is 4.38. The lowest BCUT2D eigenvalue weighted by Crippen LogP contribution is -2.06. The van der Waals surface area contributed by atoms with Gasteiger partial charge in [0, 0.05) is 7.11 Å². The summed E-state index contributed by atoms with van der Waals surface area (Å²) >= 11 is 0. The lowest BCUT2D eigenvalue weighted by atomic mass is 10.1. The number of benzene rings is 1. The Labute approximate surface area is 94.3 Å². The number of hydrogen-bond acceptors (Lipinski definition) is 5. The van der Waals surface area contributed by atoms with Crippen molar-refractivity contribution < 1.29 is 17.3 Å². The van der Waals surface area contributed by atoms with E-state index in [4.69, 9.17) is 10.00 Å². The second kappa shape index (κ2) is 4.96. The molecule has 86 valence electrons. The molecule has 1 rings (SSSR count). The Morgan fingerprint density at radius 3 is 2.25 bits per heavy atom. The lowest BCUT2D eigenvalue weighted by molar-refractivity contribution is 0.148. The molecule has 0 N–H and O–H groups in total. The molecule has 0 saturated carbocycles. The van der Waals surface area contributed by atoms with E-state index < -0.39 is 16.2 Å². The highest BCUT2D eigenvalue weighted by atomic mass is 32.2. The predicted molar refractivity (Wildman–Crippen MR) is 57.3 cm³/mol. The van der Waals surface area contributed by atoms with Gasteiger partial charge in [-0.05, 0) is 17.7 Å². The highest BCUT2D eigenvalue weighted by Crippen LogP contribution is 2.20. The summed E-state index contributed by atoms with van der Waals surface area (Å²) in [6.45, 7) is 0. The summed E-state index contributed by atoms with van der Waals surface area (Å²) in [5.41, 5.74) is 0.644. The van der Waals surface area contributed by atoms with Crippen LogP contribution in [0.4, 0.5) is 0 Å². The van der Waals surface area contributed by atoms with E-state index in [0.717, 1.165) is 6.26 Å². The average Bonchev–Trinajstić information content (AvgIpc) is 2.20. The summed E-state index contributed by atoms with van der Waals surface area (Å²) in [4.78, 5) is 0. The van der Waals surface area contributed by atoms with Gasteiger partial charge in [-0.3, -0.25) is 0 Å². The second-order valence-corrected chi connectivity index (χ2v) is 4.68. The molecule has 1 aromatic carbocycles. The Morgan fingerprint density at radius 1 is 1.31 bits per heavy atom. The zero-order valence-corrected chi connectivity index (χ0v) is 9.69. The molecule has 0 aromatic heterocycles. The zero-order chi connectivity index (χ0) is 12.2. The van der Waals surface area contributed by atoms with Gasteiger partial charge >= 0.3 is 10.1 Å². The van der Waals surface area contributed by atoms with E-state index in [0.29, 0.717) is 5.56 Å². The van der Waals surface area contributed by atoms with Crippen molar-refractivity contribution in [2.45, 2.75) is 6.10 Å². The van der Waals surface area contributed by atoms with Crippen molar-refractivity contribution in [2.24, 2.45) is 0 Å². The Morgan fingerprint density at radius 2 is 1.88 bits per heavy atom. The fourth-order valence-electron chi connectivity index (χ4n) is 1.14. The first-order chi connectivity index (χ1) is 7.46. The fourth-order valence-corrected chi connectivity index (χ4v) is 1.60. The Kier molecular flexibility index (Phi) is 3.88. The van der Waals surface area contributed by atoms with Crippen molar-refractivity contribution in [3.63, 3.8) is 0 Å². The van der Waals surface area contributed by atoms with E-state index in [-0.39, 0.29) is 5.75 Å². The zero-order valence-electron chi connectivity index (χ0n) is 8.88. The largest absolute Gasteiger partial charge is 0.383 e. The molecule has 0 saturated heterocycles. The van der Waals surface area contributed by atoms with Crippen LogP contribution in [-0.2, 0) is 14.9 Å². The van der Waals surface area contributed by atoms with Crippen molar-refractivity contribution in [2.75, 3.05) is 13.4 Å². The van der Waals surface area contributed by atoms with E-state index in [1.165, 1.54) is 19.2 Å². The molecule has 0 fully saturated rings. The van der Waals surface area contributed by atoms with Crippen LogP contribution in [0.3, 0.4) is 0 Å². The molecule has 5 nitrogen and oxygen atoms in total. The van der Waals surface area contributed by atoms with Crippen LogP contribution < -0.4 is 4.18 Å². The maximum absolute atomic E-state index is 10.8. The van der Waals surface area contributed by atoms with Crippen LogP contribution in [0.5, 0.6) is 5.75 Å². The van der Waals surface area contributed by atoms with Gasteiger partial charge in [-0.2, -0.15) is 13.7 Å². The van der Waals surface area contributed by atoms with Gasteiger partial charge in [-0.1, -0.05) is 12.1 Å². The first kappa shape index (κ1) is 12.5. The van der Waals surface area contributed by atoms with E-state index >= 15 is 0 Å². The molecule has 16 heavy (non-hydrogen) atoms. The van der Waals surface area contributed by atoms with Crippen molar-refractivity contribution in [1.82, 2.24) is 0 Å². The third-order valence-electron chi connectivity index (χ3n) is 1.78. The molecule has 0 spiro atoms. The predicted octanol–water partition coefficient (Wildman–Crippen LogP) is 1.24. The summed E-state index contributed by atoms with van der Waals surface area (Å²) in [5.74, 6) is 0.207. The van der Waals surface area contributed by atoms with Crippen LogP contribution in [0.1, 0.15) is 11.7 Å². The van der Waals surface area contributed by atoms with Gasteiger partial charge in [0.15, 0.2) is 6.10 Å². The van der Waals surface area contributed by atoms with Crippen LogP contribution >= 0.6 is 0 Å². The molecule has 0 aliphatic rings. The number of nitrogens with zero attached hydrogens (tertiary/aromatic N) is 1. The highest BCUT2D eigenvalue weighted by Gasteiger charge is 2.09. The molecule has 0 amide bonds. The van der Waals surface area contributed by atoms with Crippen LogP contribution in [0.25, 0.3) is 0 Å². The molecule has 0 aliphatic heterocycles. The molecular formula is C10H11NO4S. The van der Waals surface area contributed by atoms with Gasteiger partial charge in [0.1, 0.15) is 5.75 Å². The molecule has 1 atom stereocenters. The summed E-state index contributed by atoms with van der Waals surface area (Å²) in [6.07, 6.45) is 0.306. The van der Waals surface area contributed by atoms with Gasteiger partial charge in [0.2, 0.25) is 0 Å². The van der Waals surface area contributed by atoms with Crippen LogP contribution in [0.2, 0.25) is 0 Å². The lowest BCUT2D eigenvalue weighted by Gasteiger charge is -2.08. The normalized spacial score (nSPS) is 12.8. The second-order valence-electron chi connectivity index (χ2n) is 3.10. The van der Waals surface area contributed by atoms with Gasteiger partial charge in [-0.15, -0.1) is 0 Å². The minimum Gasteiger partial charge on any atom is -0.383 e. The molecule has 1 unspecified atom stereocenters.